The maximum atomic E-state index is 5.35. The van der Waals surface area contributed by atoms with E-state index in [1.165, 1.54) is 0 Å². The van der Waals surface area contributed by atoms with Crippen molar-refractivity contribution in [3.8, 4) is 11.5 Å². The molecule has 1 N–H and O–H groups in total. The van der Waals surface area contributed by atoms with E-state index in [9.17, 15) is 0 Å². The van der Waals surface area contributed by atoms with Crippen LogP contribution in [-0.2, 0) is 4.74 Å². The van der Waals surface area contributed by atoms with Crippen LogP contribution in [0.3, 0.4) is 0 Å². The van der Waals surface area contributed by atoms with Crippen LogP contribution >= 0.6 is 0 Å². The molecule has 90 valence electrons. The minimum atomic E-state index is 0.00856. The number of nitrogens with one attached hydrogen (secondary N) is 1. The molecule has 1 saturated heterocycles. The van der Waals surface area contributed by atoms with Crippen LogP contribution in [0.15, 0.2) is 21.3 Å². The Bertz CT molecular complexity index is 500. The summed E-state index contributed by atoms with van der Waals surface area (Å²) in [4.78, 5) is 4.34. The average molecular weight is 235 g/mol. The highest BCUT2D eigenvalue weighted by Gasteiger charge is 2.21. The number of morpholine rings is 1. The molecule has 1 aliphatic rings. The number of hydrogen-bond donors (Lipinski definition) is 1. The molecule has 6 heteroatoms. The van der Waals surface area contributed by atoms with Gasteiger partial charge in [0.1, 0.15) is 12.0 Å². The van der Waals surface area contributed by atoms with Crippen molar-refractivity contribution in [3.05, 3.63) is 23.9 Å². The van der Waals surface area contributed by atoms with Crippen LogP contribution in [0.25, 0.3) is 11.5 Å². The van der Waals surface area contributed by atoms with Gasteiger partial charge in [-0.05, 0) is 13.0 Å². The van der Waals surface area contributed by atoms with Crippen molar-refractivity contribution in [1.82, 2.24) is 15.5 Å². The predicted octanol–water partition coefficient (Wildman–Crippen LogP) is 1.30. The lowest BCUT2D eigenvalue weighted by Crippen LogP contribution is -2.35. The first-order valence-electron chi connectivity index (χ1n) is 5.53. The van der Waals surface area contributed by atoms with Gasteiger partial charge < -0.3 is 19.0 Å². The average Bonchev–Trinajstić information content (AvgIpc) is 2.98. The molecule has 1 fully saturated rings. The summed E-state index contributed by atoms with van der Waals surface area (Å²) in [6, 6.07) is 1.87. The second-order valence-electron chi connectivity index (χ2n) is 3.99. The van der Waals surface area contributed by atoms with Gasteiger partial charge in [-0.3, -0.25) is 0 Å². The summed E-state index contributed by atoms with van der Waals surface area (Å²) in [5, 5.41) is 7.23. The lowest BCUT2D eigenvalue weighted by atomic mass is 10.2. The first kappa shape index (κ1) is 10.5. The van der Waals surface area contributed by atoms with Gasteiger partial charge in [0.15, 0.2) is 5.82 Å². The second kappa shape index (κ2) is 4.31. The Hall–Kier alpha value is -1.66. The molecule has 0 bridgehead atoms. The summed E-state index contributed by atoms with van der Waals surface area (Å²) in [7, 11) is 0. The molecule has 1 aliphatic heterocycles. The molecular weight excluding hydrogens is 222 g/mol. The van der Waals surface area contributed by atoms with Crippen molar-refractivity contribution in [2.24, 2.45) is 0 Å². The first-order valence-corrected chi connectivity index (χ1v) is 5.53. The fourth-order valence-electron chi connectivity index (χ4n) is 1.78. The maximum absolute atomic E-state index is 5.35. The van der Waals surface area contributed by atoms with Crippen LogP contribution in [0.4, 0.5) is 0 Å². The minimum Gasteiger partial charge on any atom is -0.469 e. The van der Waals surface area contributed by atoms with Crippen LogP contribution in [0.1, 0.15) is 17.6 Å². The molecule has 0 amide bonds. The SMILES string of the molecule is Cc1cc(-c2nc(C3COCCN3)no2)co1. The summed E-state index contributed by atoms with van der Waals surface area (Å²) >= 11 is 0. The van der Waals surface area contributed by atoms with Gasteiger partial charge >= 0.3 is 0 Å². The van der Waals surface area contributed by atoms with E-state index in [0.29, 0.717) is 18.3 Å². The van der Waals surface area contributed by atoms with E-state index in [2.05, 4.69) is 15.5 Å². The van der Waals surface area contributed by atoms with Gasteiger partial charge in [0.05, 0.1) is 24.8 Å². The zero-order valence-electron chi connectivity index (χ0n) is 9.47. The predicted molar refractivity (Wildman–Crippen MR) is 58.3 cm³/mol. The van der Waals surface area contributed by atoms with Crippen LogP contribution in [0.5, 0.6) is 0 Å². The Morgan fingerprint density at radius 1 is 1.47 bits per heavy atom. The van der Waals surface area contributed by atoms with Gasteiger partial charge in [0.2, 0.25) is 0 Å². The van der Waals surface area contributed by atoms with Gasteiger partial charge in [-0.1, -0.05) is 5.16 Å². The van der Waals surface area contributed by atoms with Gasteiger partial charge in [0.25, 0.3) is 5.89 Å². The fourth-order valence-corrected chi connectivity index (χ4v) is 1.78. The Morgan fingerprint density at radius 3 is 3.12 bits per heavy atom. The third kappa shape index (κ3) is 2.09. The highest BCUT2D eigenvalue weighted by molar-refractivity contribution is 5.51. The Kier molecular flexibility index (Phi) is 2.66. The van der Waals surface area contributed by atoms with Crippen molar-refractivity contribution in [2.75, 3.05) is 19.8 Å². The van der Waals surface area contributed by atoms with Crippen LogP contribution in [-0.4, -0.2) is 29.9 Å². The molecular formula is C11H13N3O3. The van der Waals surface area contributed by atoms with E-state index in [1.807, 2.05) is 13.0 Å². The molecule has 6 nitrogen and oxygen atoms in total. The summed E-state index contributed by atoms with van der Waals surface area (Å²) in [6.45, 7) is 3.97. The van der Waals surface area contributed by atoms with Gasteiger partial charge in [-0.25, -0.2) is 0 Å². The summed E-state index contributed by atoms with van der Waals surface area (Å²) < 4.78 is 15.8. The van der Waals surface area contributed by atoms with Crippen molar-refractivity contribution in [3.63, 3.8) is 0 Å². The van der Waals surface area contributed by atoms with Crippen molar-refractivity contribution in [2.45, 2.75) is 13.0 Å². The minimum absolute atomic E-state index is 0.00856. The molecule has 0 spiro atoms. The van der Waals surface area contributed by atoms with E-state index in [4.69, 9.17) is 13.7 Å². The molecule has 0 aromatic carbocycles. The van der Waals surface area contributed by atoms with Gasteiger partial charge in [-0.15, -0.1) is 0 Å². The van der Waals surface area contributed by atoms with E-state index < -0.39 is 0 Å². The molecule has 1 unspecified atom stereocenters. The quantitative estimate of drug-likeness (QED) is 0.845. The number of hydrogen-bond acceptors (Lipinski definition) is 6. The van der Waals surface area contributed by atoms with Crippen LogP contribution in [0, 0.1) is 6.92 Å². The van der Waals surface area contributed by atoms with Crippen molar-refractivity contribution >= 4 is 0 Å². The molecule has 3 rings (SSSR count). The van der Waals surface area contributed by atoms with Gasteiger partial charge in [0, 0.05) is 6.54 Å². The van der Waals surface area contributed by atoms with Crippen molar-refractivity contribution < 1.29 is 13.7 Å². The lowest BCUT2D eigenvalue weighted by Gasteiger charge is -2.20. The number of rotatable bonds is 2. The number of aromatic nitrogens is 2. The van der Waals surface area contributed by atoms with Crippen molar-refractivity contribution in [1.29, 1.82) is 0 Å². The van der Waals surface area contributed by atoms with Crippen LogP contribution in [0.2, 0.25) is 0 Å². The van der Waals surface area contributed by atoms with E-state index in [1.54, 1.807) is 6.26 Å². The third-order valence-electron chi connectivity index (χ3n) is 2.65. The largest absolute Gasteiger partial charge is 0.469 e. The summed E-state index contributed by atoms with van der Waals surface area (Å²) in [5.41, 5.74) is 0.804. The number of aryl methyl sites for hydroxylation is 1. The normalized spacial score (nSPS) is 20.6. The molecule has 17 heavy (non-hydrogen) atoms. The maximum Gasteiger partial charge on any atom is 0.261 e. The summed E-state index contributed by atoms with van der Waals surface area (Å²) in [6.07, 6.45) is 1.61. The molecule has 2 aromatic rings. The molecule has 0 radical (unpaired) electrons. The third-order valence-corrected chi connectivity index (χ3v) is 2.65. The molecule has 2 aromatic heterocycles. The summed E-state index contributed by atoms with van der Waals surface area (Å²) in [5.74, 6) is 1.92. The van der Waals surface area contributed by atoms with Crippen LogP contribution < -0.4 is 5.32 Å². The highest BCUT2D eigenvalue weighted by atomic mass is 16.5. The van der Waals surface area contributed by atoms with E-state index in [-0.39, 0.29) is 6.04 Å². The molecule has 1 atom stereocenters. The van der Waals surface area contributed by atoms with Gasteiger partial charge in [-0.2, -0.15) is 4.98 Å². The Morgan fingerprint density at radius 2 is 2.41 bits per heavy atom. The number of furan rings is 1. The fraction of sp³-hybridized carbons (Fsp3) is 0.455. The molecule has 0 aliphatic carbocycles. The lowest BCUT2D eigenvalue weighted by molar-refractivity contribution is 0.0734. The number of ether oxygens (including phenoxy) is 1. The number of nitrogens with zero attached hydrogens (tertiary/aromatic N) is 2. The first-order chi connectivity index (χ1) is 8.33. The topological polar surface area (TPSA) is 73.3 Å². The Labute approximate surface area is 98.0 Å². The Balaban J connectivity index is 1.82. The van der Waals surface area contributed by atoms with E-state index >= 15 is 0 Å². The standard InChI is InChI=1S/C11H13N3O3/c1-7-4-8(5-16-7)11-13-10(14-17-11)9-6-15-3-2-12-9/h4-5,9,12H,2-3,6H2,1H3. The highest BCUT2D eigenvalue weighted by Crippen LogP contribution is 2.22. The van der Waals surface area contributed by atoms with E-state index in [0.717, 1.165) is 24.5 Å². The molecule has 0 saturated carbocycles. The monoisotopic (exact) mass is 235 g/mol. The smallest absolute Gasteiger partial charge is 0.261 e. The second-order valence-corrected chi connectivity index (χ2v) is 3.99. The zero-order chi connectivity index (χ0) is 11.7. The molecule has 3 heterocycles. The zero-order valence-corrected chi connectivity index (χ0v) is 9.47.